The molecule has 7 heteroatoms. The van der Waals surface area contributed by atoms with Crippen molar-refractivity contribution < 1.29 is 18.0 Å². The minimum atomic E-state index is -1.59. The molecule has 0 fully saturated rings. The normalized spacial score (nSPS) is 10.6. The molecule has 106 valence electrons. The van der Waals surface area contributed by atoms with Gasteiger partial charge in [-0.25, -0.2) is 13.2 Å². The monoisotopic (exact) mass is 283 g/mol. The zero-order valence-electron chi connectivity index (χ0n) is 10.7. The molecule has 1 aromatic heterocycles. The maximum Gasteiger partial charge on any atom is 0.251 e. The third-order valence-corrected chi connectivity index (χ3v) is 2.70. The number of benzene rings is 1. The SMILES string of the molecule is Cn1cc(CCNC(=O)c2cc(F)c(F)c(F)c2)cn1. The summed E-state index contributed by atoms with van der Waals surface area (Å²) < 4.78 is 40.4. The van der Waals surface area contributed by atoms with Crippen LogP contribution in [0.25, 0.3) is 0 Å². The van der Waals surface area contributed by atoms with Crippen LogP contribution in [-0.2, 0) is 13.5 Å². The first-order valence-corrected chi connectivity index (χ1v) is 5.87. The van der Waals surface area contributed by atoms with Crippen LogP contribution in [0.2, 0.25) is 0 Å². The summed E-state index contributed by atoms with van der Waals surface area (Å²) in [4.78, 5) is 11.7. The lowest BCUT2D eigenvalue weighted by Crippen LogP contribution is -2.26. The zero-order valence-corrected chi connectivity index (χ0v) is 10.7. The summed E-state index contributed by atoms with van der Waals surface area (Å²) in [7, 11) is 1.77. The van der Waals surface area contributed by atoms with Crippen molar-refractivity contribution in [3.05, 3.63) is 53.1 Å². The Hall–Kier alpha value is -2.31. The molecular weight excluding hydrogens is 271 g/mol. The number of hydrogen-bond donors (Lipinski definition) is 1. The Kier molecular flexibility index (Phi) is 4.07. The molecule has 4 nitrogen and oxygen atoms in total. The third kappa shape index (κ3) is 3.17. The highest BCUT2D eigenvalue weighted by atomic mass is 19.2. The Balaban J connectivity index is 1.95. The van der Waals surface area contributed by atoms with Crippen LogP contribution in [0, 0.1) is 17.5 Å². The van der Waals surface area contributed by atoms with Crippen LogP contribution in [0.5, 0.6) is 0 Å². The van der Waals surface area contributed by atoms with E-state index in [1.165, 1.54) is 0 Å². The van der Waals surface area contributed by atoms with E-state index in [2.05, 4.69) is 10.4 Å². The van der Waals surface area contributed by atoms with Gasteiger partial charge in [0.25, 0.3) is 5.91 Å². The largest absolute Gasteiger partial charge is 0.352 e. The van der Waals surface area contributed by atoms with Gasteiger partial charge < -0.3 is 5.32 Å². The van der Waals surface area contributed by atoms with E-state index in [0.29, 0.717) is 18.6 Å². The Morgan fingerprint density at radius 1 is 1.30 bits per heavy atom. The Morgan fingerprint density at radius 2 is 1.95 bits per heavy atom. The molecule has 0 aliphatic rings. The summed E-state index contributed by atoms with van der Waals surface area (Å²) in [6.07, 6.45) is 3.98. The van der Waals surface area contributed by atoms with E-state index in [1.54, 1.807) is 24.1 Å². The maximum absolute atomic E-state index is 13.0. The minimum Gasteiger partial charge on any atom is -0.352 e. The molecule has 0 unspecified atom stereocenters. The molecule has 0 aliphatic heterocycles. The highest BCUT2D eigenvalue weighted by molar-refractivity contribution is 5.94. The molecule has 20 heavy (non-hydrogen) atoms. The van der Waals surface area contributed by atoms with Gasteiger partial charge in [-0.1, -0.05) is 0 Å². The number of hydrogen-bond acceptors (Lipinski definition) is 2. The van der Waals surface area contributed by atoms with Crippen molar-refractivity contribution >= 4 is 5.91 Å². The van der Waals surface area contributed by atoms with E-state index in [0.717, 1.165) is 5.56 Å². The first-order valence-electron chi connectivity index (χ1n) is 5.87. The van der Waals surface area contributed by atoms with Gasteiger partial charge in [0, 0.05) is 25.4 Å². The summed E-state index contributed by atoms with van der Waals surface area (Å²) in [5, 5.41) is 6.47. The Bertz CT molecular complexity index is 617. The lowest BCUT2D eigenvalue weighted by atomic mass is 10.2. The molecule has 2 aromatic rings. The van der Waals surface area contributed by atoms with Crippen molar-refractivity contribution in [1.82, 2.24) is 15.1 Å². The number of rotatable bonds is 4. The van der Waals surface area contributed by atoms with Crippen LogP contribution in [0.15, 0.2) is 24.5 Å². The van der Waals surface area contributed by atoms with Crippen molar-refractivity contribution in [3.63, 3.8) is 0 Å². The van der Waals surface area contributed by atoms with Crippen molar-refractivity contribution in [3.8, 4) is 0 Å². The number of carbonyl (C=O) groups excluding carboxylic acids is 1. The zero-order chi connectivity index (χ0) is 14.7. The molecule has 0 bridgehead atoms. The predicted molar refractivity (Wildman–Crippen MR) is 65.6 cm³/mol. The average molecular weight is 283 g/mol. The van der Waals surface area contributed by atoms with E-state index in [1.807, 2.05) is 0 Å². The summed E-state index contributed by atoms with van der Waals surface area (Å²) in [5.74, 6) is -5.02. The predicted octanol–water partition coefficient (Wildman–Crippen LogP) is 1.81. The second kappa shape index (κ2) is 5.77. The lowest BCUT2D eigenvalue weighted by Gasteiger charge is -2.05. The fourth-order valence-corrected chi connectivity index (χ4v) is 1.71. The van der Waals surface area contributed by atoms with Gasteiger partial charge in [0.2, 0.25) is 0 Å². The van der Waals surface area contributed by atoms with E-state index in [4.69, 9.17) is 0 Å². The molecule has 0 atom stereocenters. The number of nitrogens with zero attached hydrogens (tertiary/aromatic N) is 2. The smallest absolute Gasteiger partial charge is 0.251 e. The molecule has 1 N–H and O–H groups in total. The van der Waals surface area contributed by atoms with Gasteiger partial charge in [-0.3, -0.25) is 9.48 Å². The van der Waals surface area contributed by atoms with Gasteiger partial charge in [-0.2, -0.15) is 5.10 Å². The Morgan fingerprint density at radius 3 is 2.50 bits per heavy atom. The highest BCUT2D eigenvalue weighted by Crippen LogP contribution is 2.13. The molecular formula is C13H12F3N3O. The van der Waals surface area contributed by atoms with E-state index in [9.17, 15) is 18.0 Å². The number of amides is 1. The van der Waals surface area contributed by atoms with E-state index < -0.39 is 23.4 Å². The molecule has 2 rings (SSSR count). The lowest BCUT2D eigenvalue weighted by molar-refractivity contribution is 0.0953. The topological polar surface area (TPSA) is 46.9 Å². The second-order valence-corrected chi connectivity index (χ2v) is 4.28. The molecule has 1 heterocycles. The molecule has 0 spiro atoms. The number of aryl methyl sites for hydroxylation is 1. The number of carbonyl (C=O) groups is 1. The molecule has 0 radical (unpaired) electrons. The minimum absolute atomic E-state index is 0.257. The van der Waals surface area contributed by atoms with Crippen LogP contribution in [0.1, 0.15) is 15.9 Å². The van der Waals surface area contributed by atoms with Gasteiger partial charge >= 0.3 is 0 Å². The van der Waals surface area contributed by atoms with Crippen molar-refractivity contribution in [2.45, 2.75) is 6.42 Å². The Labute approximate surface area is 113 Å². The number of halogens is 3. The van der Waals surface area contributed by atoms with Crippen LogP contribution < -0.4 is 5.32 Å². The fraction of sp³-hybridized carbons (Fsp3) is 0.231. The summed E-state index contributed by atoms with van der Waals surface area (Å²) in [6, 6.07) is 1.33. The van der Waals surface area contributed by atoms with Gasteiger partial charge in [-0.15, -0.1) is 0 Å². The van der Waals surface area contributed by atoms with Crippen LogP contribution in [-0.4, -0.2) is 22.2 Å². The maximum atomic E-state index is 13.0. The standard InChI is InChI=1S/C13H12F3N3O/c1-19-7-8(6-18-19)2-3-17-13(20)9-4-10(14)12(16)11(15)5-9/h4-7H,2-3H2,1H3,(H,17,20). The number of aromatic nitrogens is 2. The quantitative estimate of drug-likeness (QED) is 0.870. The molecule has 0 saturated carbocycles. The van der Waals surface area contributed by atoms with Crippen LogP contribution in [0.3, 0.4) is 0 Å². The van der Waals surface area contributed by atoms with Gasteiger partial charge in [0.15, 0.2) is 17.5 Å². The first kappa shape index (κ1) is 14.1. The van der Waals surface area contributed by atoms with Crippen molar-refractivity contribution in [1.29, 1.82) is 0 Å². The summed E-state index contributed by atoms with van der Waals surface area (Å²) >= 11 is 0. The van der Waals surface area contributed by atoms with Gasteiger partial charge in [-0.05, 0) is 24.1 Å². The van der Waals surface area contributed by atoms with Crippen molar-refractivity contribution in [2.75, 3.05) is 6.54 Å². The van der Waals surface area contributed by atoms with Gasteiger partial charge in [0.05, 0.1) is 6.20 Å². The van der Waals surface area contributed by atoms with E-state index >= 15 is 0 Å². The summed E-state index contributed by atoms with van der Waals surface area (Å²) in [6.45, 7) is 0.283. The third-order valence-electron chi connectivity index (χ3n) is 2.70. The van der Waals surface area contributed by atoms with E-state index in [-0.39, 0.29) is 12.1 Å². The highest BCUT2D eigenvalue weighted by Gasteiger charge is 2.14. The molecule has 1 amide bonds. The van der Waals surface area contributed by atoms with Crippen LogP contribution >= 0.6 is 0 Å². The van der Waals surface area contributed by atoms with Crippen molar-refractivity contribution in [2.24, 2.45) is 7.05 Å². The number of nitrogens with one attached hydrogen (secondary N) is 1. The molecule has 0 aliphatic carbocycles. The van der Waals surface area contributed by atoms with Gasteiger partial charge in [0.1, 0.15) is 0 Å². The summed E-state index contributed by atoms with van der Waals surface area (Å²) in [5.41, 5.74) is 0.664. The molecule has 1 aromatic carbocycles. The second-order valence-electron chi connectivity index (χ2n) is 4.28. The average Bonchev–Trinajstić information content (AvgIpc) is 2.81. The molecule has 0 saturated heterocycles. The fourth-order valence-electron chi connectivity index (χ4n) is 1.71. The first-order chi connectivity index (χ1) is 9.47. The van der Waals surface area contributed by atoms with Crippen LogP contribution in [0.4, 0.5) is 13.2 Å².